The maximum absolute atomic E-state index is 13.0. The van der Waals surface area contributed by atoms with Gasteiger partial charge in [-0.25, -0.2) is 5.10 Å². The second-order valence-electron chi connectivity index (χ2n) is 4.81. The summed E-state index contributed by atoms with van der Waals surface area (Å²) in [6.07, 6.45) is -3.39. The molecule has 1 aromatic rings. The number of carboxylic acid groups (broad SMARTS) is 1. The van der Waals surface area contributed by atoms with Crippen molar-refractivity contribution in [2.75, 3.05) is 24.7 Å². The summed E-state index contributed by atoms with van der Waals surface area (Å²) in [5.74, 6) is -1.01. The lowest BCUT2D eigenvalue weighted by Crippen LogP contribution is -2.52. The van der Waals surface area contributed by atoms with Crippen LogP contribution in [0.4, 0.5) is 18.9 Å². The first-order valence-corrected chi connectivity index (χ1v) is 6.51. The van der Waals surface area contributed by atoms with Crippen molar-refractivity contribution in [1.82, 2.24) is 10.2 Å². The zero-order valence-corrected chi connectivity index (χ0v) is 11.4. The van der Waals surface area contributed by atoms with Gasteiger partial charge in [0, 0.05) is 6.54 Å². The van der Waals surface area contributed by atoms with E-state index in [1.807, 2.05) is 0 Å². The van der Waals surface area contributed by atoms with Gasteiger partial charge < -0.3 is 14.7 Å². The molecule has 0 aromatic carbocycles. The molecule has 1 fully saturated rings. The number of H-pyrrole nitrogens is 1. The number of nitrogens with one attached hydrogen (secondary N) is 1. The van der Waals surface area contributed by atoms with Gasteiger partial charge in [-0.15, -0.1) is 0 Å². The minimum atomic E-state index is -4.78. The average Bonchev–Trinajstić information content (AvgIpc) is 2.35. The molecule has 0 saturated carbocycles. The van der Waals surface area contributed by atoms with Crippen LogP contribution in [-0.2, 0) is 15.7 Å². The summed E-state index contributed by atoms with van der Waals surface area (Å²) >= 11 is 0. The molecule has 0 bridgehead atoms. The van der Waals surface area contributed by atoms with Crippen LogP contribution in [0.15, 0.2) is 11.0 Å². The van der Waals surface area contributed by atoms with Crippen LogP contribution in [0.1, 0.15) is 18.4 Å². The lowest BCUT2D eigenvalue weighted by Gasteiger charge is -2.43. The summed E-state index contributed by atoms with van der Waals surface area (Å²) in [5, 5.41) is 13.7. The number of carboxylic acids is 1. The number of carbonyl (C=O) groups is 1. The summed E-state index contributed by atoms with van der Waals surface area (Å²) in [6.45, 7) is 0.429. The fourth-order valence-electron chi connectivity index (χ4n) is 2.19. The van der Waals surface area contributed by atoms with Gasteiger partial charge in [-0.3, -0.25) is 9.59 Å². The first-order valence-electron chi connectivity index (χ1n) is 6.51. The second kappa shape index (κ2) is 6.34. The van der Waals surface area contributed by atoms with Gasteiger partial charge in [-0.2, -0.15) is 18.3 Å². The van der Waals surface area contributed by atoms with E-state index in [0.717, 1.165) is 6.20 Å². The van der Waals surface area contributed by atoms with Crippen LogP contribution in [0.3, 0.4) is 0 Å². The molecule has 122 valence electrons. The molecule has 22 heavy (non-hydrogen) atoms. The number of hydrogen-bond acceptors (Lipinski definition) is 5. The zero-order chi connectivity index (χ0) is 16.3. The van der Waals surface area contributed by atoms with Crippen LogP contribution in [0.5, 0.6) is 0 Å². The Bertz CT molecular complexity index is 602. The van der Waals surface area contributed by atoms with Crippen molar-refractivity contribution in [3.63, 3.8) is 0 Å². The fraction of sp³-hybridized carbons (Fsp3) is 0.583. The van der Waals surface area contributed by atoms with Crippen molar-refractivity contribution >= 4 is 11.7 Å². The van der Waals surface area contributed by atoms with E-state index in [0.29, 0.717) is 13.0 Å². The summed E-state index contributed by atoms with van der Waals surface area (Å²) in [7, 11) is 0. The fourth-order valence-corrected chi connectivity index (χ4v) is 2.19. The second-order valence-corrected chi connectivity index (χ2v) is 4.81. The highest BCUT2D eigenvalue weighted by atomic mass is 19.4. The highest BCUT2D eigenvalue weighted by Crippen LogP contribution is 2.36. The normalized spacial score (nSPS) is 18.1. The van der Waals surface area contributed by atoms with E-state index in [1.54, 1.807) is 5.10 Å². The van der Waals surface area contributed by atoms with E-state index in [4.69, 9.17) is 9.84 Å². The third-order valence-electron chi connectivity index (χ3n) is 3.34. The number of aliphatic carboxylic acids is 1. The van der Waals surface area contributed by atoms with Crippen LogP contribution < -0.4 is 10.5 Å². The van der Waals surface area contributed by atoms with Crippen molar-refractivity contribution in [2.45, 2.75) is 25.1 Å². The first kappa shape index (κ1) is 16.3. The van der Waals surface area contributed by atoms with Gasteiger partial charge in [0.2, 0.25) is 0 Å². The smallest absolute Gasteiger partial charge is 0.423 e. The van der Waals surface area contributed by atoms with E-state index < -0.39 is 23.3 Å². The summed E-state index contributed by atoms with van der Waals surface area (Å²) in [6, 6.07) is -0.335. The summed E-state index contributed by atoms with van der Waals surface area (Å²) in [5.41, 5.74) is -2.85. The van der Waals surface area contributed by atoms with Gasteiger partial charge in [0.15, 0.2) is 0 Å². The van der Waals surface area contributed by atoms with Crippen LogP contribution in [0, 0.1) is 0 Å². The Balaban J connectivity index is 2.08. The first-order chi connectivity index (χ1) is 10.3. The predicted molar refractivity (Wildman–Crippen MR) is 68.7 cm³/mol. The minimum Gasteiger partial charge on any atom is -0.481 e. The molecule has 1 aliphatic heterocycles. The molecule has 2 rings (SSSR count). The Kier molecular flexibility index (Phi) is 4.69. The Morgan fingerprint density at radius 3 is 2.82 bits per heavy atom. The molecule has 10 heteroatoms. The van der Waals surface area contributed by atoms with Gasteiger partial charge >= 0.3 is 12.1 Å². The molecule has 7 nitrogen and oxygen atoms in total. The highest BCUT2D eigenvalue weighted by molar-refractivity contribution is 5.66. The van der Waals surface area contributed by atoms with Crippen molar-refractivity contribution in [2.24, 2.45) is 0 Å². The predicted octanol–water partition coefficient (Wildman–Crippen LogP) is 0.859. The number of ether oxygens (including phenoxy) is 1. The molecule has 0 radical (unpaired) electrons. The Hall–Kier alpha value is -2.10. The van der Waals surface area contributed by atoms with Crippen molar-refractivity contribution in [1.29, 1.82) is 0 Å². The molecule has 0 unspecified atom stereocenters. The molecule has 0 amide bonds. The van der Waals surface area contributed by atoms with E-state index in [1.165, 1.54) is 4.90 Å². The van der Waals surface area contributed by atoms with E-state index in [2.05, 4.69) is 5.10 Å². The third-order valence-corrected chi connectivity index (χ3v) is 3.34. The van der Waals surface area contributed by atoms with Gasteiger partial charge in [-0.05, 0) is 6.42 Å². The van der Waals surface area contributed by atoms with Crippen LogP contribution in [0.25, 0.3) is 0 Å². The molecule has 1 atom stereocenters. The third kappa shape index (κ3) is 3.56. The molecule has 0 spiro atoms. The Morgan fingerprint density at radius 2 is 2.27 bits per heavy atom. The molecule has 1 saturated heterocycles. The summed E-state index contributed by atoms with van der Waals surface area (Å²) < 4.78 is 44.1. The van der Waals surface area contributed by atoms with Crippen LogP contribution >= 0.6 is 0 Å². The van der Waals surface area contributed by atoms with Crippen LogP contribution in [0.2, 0.25) is 0 Å². The zero-order valence-electron chi connectivity index (χ0n) is 11.4. The van der Waals surface area contributed by atoms with Crippen molar-refractivity contribution in [3.05, 3.63) is 22.1 Å². The average molecular weight is 321 g/mol. The molecular formula is C12H14F3N3O4. The summed E-state index contributed by atoms with van der Waals surface area (Å²) in [4.78, 5) is 23.2. The van der Waals surface area contributed by atoms with E-state index in [-0.39, 0.29) is 31.4 Å². The van der Waals surface area contributed by atoms with E-state index >= 15 is 0 Å². The molecule has 0 aliphatic carbocycles. The Morgan fingerprint density at radius 1 is 1.55 bits per heavy atom. The van der Waals surface area contributed by atoms with Gasteiger partial charge in [0.25, 0.3) is 5.56 Å². The molecule has 1 aliphatic rings. The number of aromatic nitrogens is 2. The van der Waals surface area contributed by atoms with Gasteiger partial charge in [0.05, 0.1) is 37.6 Å². The molecule has 2 N–H and O–H groups in total. The lowest BCUT2D eigenvalue weighted by molar-refractivity contribution is -0.139. The maximum Gasteiger partial charge on any atom is 0.423 e. The van der Waals surface area contributed by atoms with Crippen LogP contribution in [-0.4, -0.2) is 47.1 Å². The Labute approximate surface area is 122 Å². The number of hydrogen-bond donors (Lipinski definition) is 2. The number of anilines is 1. The molecular weight excluding hydrogens is 307 g/mol. The number of nitrogens with zero attached hydrogens (tertiary/aromatic N) is 2. The largest absolute Gasteiger partial charge is 0.481 e. The lowest BCUT2D eigenvalue weighted by atomic mass is 10.0. The maximum atomic E-state index is 13.0. The number of aromatic amines is 1. The monoisotopic (exact) mass is 321 g/mol. The van der Waals surface area contributed by atoms with Gasteiger partial charge in [-0.1, -0.05) is 0 Å². The molecule has 1 aromatic heterocycles. The SMILES string of the molecule is O=C(O)CCOC[C@@H]1CCN1c1cn[nH]c(=O)c1C(F)(F)F. The van der Waals surface area contributed by atoms with Gasteiger partial charge in [0.1, 0.15) is 5.56 Å². The number of rotatable bonds is 6. The number of alkyl halides is 3. The van der Waals surface area contributed by atoms with E-state index in [9.17, 15) is 22.8 Å². The van der Waals surface area contributed by atoms with Crippen molar-refractivity contribution < 1.29 is 27.8 Å². The topological polar surface area (TPSA) is 95.5 Å². The molecule has 2 heterocycles. The quantitative estimate of drug-likeness (QED) is 0.755. The van der Waals surface area contributed by atoms with Crippen molar-refractivity contribution in [3.8, 4) is 0 Å². The number of halogens is 3. The standard InChI is InChI=1S/C12H14F3N3O4/c13-12(14,15)10-8(5-16-17-11(10)21)18-3-1-7(18)6-22-4-2-9(19)20/h5,7H,1-4,6H2,(H,17,21)(H,19,20)/t7-/m0/s1. The minimum absolute atomic E-state index is 0.0145. The highest BCUT2D eigenvalue weighted by Gasteiger charge is 2.41.